The summed E-state index contributed by atoms with van der Waals surface area (Å²) in [6.45, 7) is 3.64. The van der Waals surface area contributed by atoms with Gasteiger partial charge in [0.2, 0.25) is 11.8 Å². The van der Waals surface area contributed by atoms with Crippen molar-refractivity contribution in [3.8, 4) is 0 Å². The molecule has 454 valence electrons. The maximum atomic E-state index is 14.0. The summed E-state index contributed by atoms with van der Waals surface area (Å²) in [6, 6.07) is -3.12. The van der Waals surface area contributed by atoms with Crippen molar-refractivity contribution in [1.82, 2.24) is 10.6 Å². The lowest BCUT2D eigenvalue weighted by Gasteiger charge is -2.45. The third-order valence-electron chi connectivity index (χ3n) is 14.4. The molecule has 21 nitrogen and oxygen atoms in total. The van der Waals surface area contributed by atoms with Crippen LogP contribution in [0.4, 0.5) is 0 Å². The molecule has 0 aromatic rings. The third-order valence-corrected chi connectivity index (χ3v) is 15.0. The van der Waals surface area contributed by atoms with Gasteiger partial charge in [0.25, 0.3) is 0 Å². The van der Waals surface area contributed by atoms with Crippen molar-refractivity contribution < 1.29 is 92.7 Å². The highest BCUT2D eigenvalue weighted by molar-refractivity contribution is 7.46. The van der Waals surface area contributed by atoms with Crippen LogP contribution in [-0.4, -0.2) is 169 Å². The number of esters is 1. The van der Waals surface area contributed by atoms with E-state index in [4.69, 9.17) is 28.2 Å². The molecule has 0 aliphatic carbocycles. The zero-order chi connectivity index (χ0) is 56.9. The molecule has 11 N–H and O–H groups in total. The van der Waals surface area contributed by atoms with Crippen LogP contribution in [0.5, 0.6) is 0 Å². The molecule has 13 atom stereocenters. The zero-order valence-corrected chi connectivity index (χ0v) is 47.9. The first-order valence-corrected chi connectivity index (χ1v) is 31.2. The van der Waals surface area contributed by atoms with E-state index >= 15 is 0 Å². The van der Waals surface area contributed by atoms with E-state index in [9.17, 15) is 64.5 Å². The lowest BCUT2D eigenvalue weighted by Crippen LogP contribution is -2.67. The van der Waals surface area contributed by atoms with Crippen LogP contribution < -0.4 is 10.6 Å². The van der Waals surface area contributed by atoms with Gasteiger partial charge in [-0.15, -0.1) is 0 Å². The van der Waals surface area contributed by atoms with E-state index < -0.39 is 132 Å². The number of phosphoric ester groups is 1. The highest BCUT2D eigenvalue weighted by atomic mass is 31.2. The Morgan fingerprint density at radius 1 is 0.545 bits per heavy atom. The Balaban J connectivity index is 2.21. The summed E-state index contributed by atoms with van der Waals surface area (Å²) in [6.07, 6.45) is 11.7. The molecule has 2 rings (SSSR count). The Hall–Kier alpha value is -1.92. The van der Waals surface area contributed by atoms with E-state index in [1.165, 1.54) is 70.6 Å². The van der Waals surface area contributed by atoms with Crippen molar-refractivity contribution in [2.24, 2.45) is 0 Å². The van der Waals surface area contributed by atoms with E-state index in [0.29, 0.717) is 32.1 Å². The second kappa shape index (κ2) is 42.9. The molecule has 2 aliphatic rings. The summed E-state index contributed by atoms with van der Waals surface area (Å²) < 4.78 is 46.3. The first-order chi connectivity index (χ1) is 37.0. The topological polar surface area (TPSA) is 330 Å². The average Bonchev–Trinajstić information content (AvgIpc) is 3.38. The SMILES string of the molecule is CCCCCCCCCCCC(=O)O[C@@H](CCCCCCCCCCC)CC(=O)NC1C(OCC2OC(OCC(O)CO)C(NC(=O)C[C@@H](O)CCCCCCCCCCC)C(O)C2O)OC(CO)C(OP(=O)(O)O)C1O. The number of phosphoric acid groups is 1. The summed E-state index contributed by atoms with van der Waals surface area (Å²) in [5, 5.41) is 80.0. The van der Waals surface area contributed by atoms with Crippen molar-refractivity contribution in [1.29, 1.82) is 0 Å². The summed E-state index contributed by atoms with van der Waals surface area (Å²) >= 11 is 0. The Bertz CT molecular complexity index is 1570. The minimum atomic E-state index is -5.34. The van der Waals surface area contributed by atoms with Gasteiger partial charge in [0.15, 0.2) is 12.6 Å². The number of ether oxygens (including phenoxy) is 5. The molecule has 2 fully saturated rings. The second-order valence-electron chi connectivity index (χ2n) is 21.5. The lowest BCUT2D eigenvalue weighted by atomic mass is 9.95. The van der Waals surface area contributed by atoms with Crippen LogP contribution in [0.25, 0.3) is 0 Å². The van der Waals surface area contributed by atoms with Gasteiger partial charge in [0, 0.05) is 6.42 Å². The molecule has 0 aromatic carbocycles. The van der Waals surface area contributed by atoms with Gasteiger partial charge in [-0.3, -0.25) is 18.9 Å². The van der Waals surface area contributed by atoms with Crippen LogP contribution in [0, 0.1) is 0 Å². The maximum Gasteiger partial charge on any atom is 0.470 e. The number of aliphatic hydroxyl groups is 7. The fraction of sp³-hybridized carbons (Fsp3) is 0.945. The van der Waals surface area contributed by atoms with Crippen molar-refractivity contribution in [3.05, 3.63) is 0 Å². The molecule has 0 spiro atoms. The Labute approximate surface area is 459 Å². The number of unbranched alkanes of at least 4 members (excludes halogenated alkanes) is 24. The van der Waals surface area contributed by atoms with Crippen LogP contribution in [0.1, 0.15) is 226 Å². The van der Waals surface area contributed by atoms with Crippen molar-refractivity contribution in [2.75, 3.05) is 26.4 Å². The van der Waals surface area contributed by atoms with Gasteiger partial charge in [-0.25, -0.2) is 4.57 Å². The normalized spacial score (nSPS) is 25.0. The van der Waals surface area contributed by atoms with Gasteiger partial charge >= 0.3 is 13.8 Å². The number of rotatable bonds is 47. The number of aliphatic hydroxyl groups excluding tert-OH is 7. The zero-order valence-electron chi connectivity index (χ0n) is 47.0. The van der Waals surface area contributed by atoms with Crippen molar-refractivity contribution in [2.45, 2.75) is 306 Å². The molecule has 0 aromatic heterocycles. The summed E-state index contributed by atoms with van der Waals surface area (Å²) in [7, 11) is -5.34. The molecule has 2 aliphatic heterocycles. The van der Waals surface area contributed by atoms with E-state index in [2.05, 4.69) is 31.4 Å². The molecule has 11 unspecified atom stereocenters. The molecule has 0 radical (unpaired) electrons. The van der Waals surface area contributed by atoms with Crippen LogP contribution in [0.3, 0.4) is 0 Å². The Morgan fingerprint density at radius 2 is 0.987 bits per heavy atom. The summed E-state index contributed by atoms with van der Waals surface area (Å²) in [5.74, 6) is -1.89. The highest BCUT2D eigenvalue weighted by Crippen LogP contribution is 2.41. The van der Waals surface area contributed by atoms with E-state index in [0.717, 1.165) is 83.5 Å². The number of carbonyl (C=O) groups is 3. The minimum absolute atomic E-state index is 0.175. The lowest BCUT2D eigenvalue weighted by molar-refractivity contribution is -0.304. The molecule has 2 heterocycles. The number of nitrogens with one attached hydrogen (secondary N) is 2. The van der Waals surface area contributed by atoms with Gasteiger partial charge in [-0.2, -0.15) is 0 Å². The quantitative estimate of drug-likeness (QED) is 0.0185. The van der Waals surface area contributed by atoms with Gasteiger partial charge in [0.05, 0.1) is 45.4 Å². The van der Waals surface area contributed by atoms with Gasteiger partial charge in [-0.05, 0) is 25.7 Å². The summed E-state index contributed by atoms with van der Waals surface area (Å²) in [5.41, 5.74) is 0. The van der Waals surface area contributed by atoms with E-state index in [1.807, 2.05) is 0 Å². The Morgan fingerprint density at radius 3 is 1.48 bits per heavy atom. The van der Waals surface area contributed by atoms with Gasteiger partial charge in [-0.1, -0.05) is 181 Å². The van der Waals surface area contributed by atoms with Crippen LogP contribution >= 0.6 is 7.82 Å². The first kappa shape index (κ1) is 71.2. The van der Waals surface area contributed by atoms with Crippen molar-refractivity contribution in [3.63, 3.8) is 0 Å². The maximum absolute atomic E-state index is 14.0. The summed E-state index contributed by atoms with van der Waals surface area (Å²) in [4.78, 5) is 59.8. The first-order valence-electron chi connectivity index (χ1n) is 29.7. The van der Waals surface area contributed by atoms with Crippen LogP contribution in [-0.2, 0) is 47.2 Å². The standard InChI is InChI=1S/C55H105N2O19P/c1-4-7-10-13-16-19-22-25-28-31-40(60)34-45(62)56-48-51(66)50(65)44(75-54(48)71-38-41(61)36-58)39-72-55-49(52(67)53(43(37-59)74-55)76-77(68,69)70)57-46(63)35-42(32-29-26-23-20-17-14-11-8-5-2)73-47(64)33-30-27-24-21-18-15-12-9-6-3/h40-44,48-55,58-61,65-67H,4-39H2,1-3H3,(H,56,62)(H,57,63)(H2,68,69,70)/t40-,41?,42-,43?,44?,48?,49?,50?,51?,52?,53?,54?,55?/m0/s1. The average molecular weight is 1130 g/mol. The third kappa shape index (κ3) is 31.8. The number of hydrogen-bond acceptors (Lipinski definition) is 17. The van der Waals surface area contributed by atoms with Crippen LogP contribution in [0.15, 0.2) is 0 Å². The highest BCUT2D eigenvalue weighted by Gasteiger charge is 2.51. The predicted molar refractivity (Wildman–Crippen MR) is 289 cm³/mol. The fourth-order valence-electron chi connectivity index (χ4n) is 9.88. The largest absolute Gasteiger partial charge is 0.470 e. The van der Waals surface area contributed by atoms with Crippen LogP contribution in [0.2, 0.25) is 0 Å². The predicted octanol–water partition coefficient (Wildman–Crippen LogP) is 6.16. The molecule has 0 bridgehead atoms. The number of amides is 2. The van der Waals surface area contributed by atoms with E-state index in [-0.39, 0.29) is 19.3 Å². The van der Waals surface area contributed by atoms with Gasteiger partial charge < -0.3 is 79.9 Å². The molecule has 22 heteroatoms. The fourth-order valence-corrected chi connectivity index (χ4v) is 10.5. The minimum Gasteiger partial charge on any atom is -0.462 e. The second-order valence-corrected chi connectivity index (χ2v) is 22.7. The molecule has 77 heavy (non-hydrogen) atoms. The molecule has 2 amide bonds. The number of hydrogen-bond donors (Lipinski definition) is 11. The molecule has 2 saturated heterocycles. The number of carbonyl (C=O) groups excluding carboxylic acids is 3. The molecular weight excluding hydrogens is 1020 g/mol. The monoisotopic (exact) mass is 1130 g/mol. The van der Waals surface area contributed by atoms with Crippen molar-refractivity contribution >= 4 is 25.6 Å². The van der Waals surface area contributed by atoms with Gasteiger partial charge in [0.1, 0.15) is 60.9 Å². The molecular formula is C55H105N2O19P. The Kier molecular flexibility index (Phi) is 39.6. The smallest absolute Gasteiger partial charge is 0.462 e. The van der Waals surface area contributed by atoms with E-state index in [1.54, 1.807) is 0 Å². The molecule has 0 saturated carbocycles.